The second-order valence-electron chi connectivity index (χ2n) is 6.03. The zero-order valence-electron chi connectivity index (χ0n) is 13.4. The van der Waals surface area contributed by atoms with Crippen molar-refractivity contribution < 1.29 is 5.11 Å². The lowest BCUT2D eigenvalue weighted by Crippen LogP contribution is -1.90. The van der Waals surface area contributed by atoms with Gasteiger partial charge in [0.15, 0.2) is 5.88 Å². The predicted molar refractivity (Wildman–Crippen MR) is 97.5 cm³/mol. The number of aliphatic imine (C=N–C) groups is 1. The highest BCUT2D eigenvalue weighted by Gasteiger charge is 2.09. The molecular formula is C19H19ClN2O. The number of aromatic nitrogens is 1. The Kier molecular flexibility index (Phi) is 4.14. The van der Waals surface area contributed by atoms with Gasteiger partial charge in [-0.3, -0.25) is 4.99 Å². The number of nitrogens with zero attached hydrogens (tertiary/aromatic N) is 1. The Morgan fingerprint density at radius 3 is 2.65 bits per heavy atom. The van der Waals surface area contributed by atoms with Gasteiger partial charge in [-0.2, -0.15) is 0 Å². The van der Waals surface area contributed by atoms with E-state index in [1.807, 2.05) is 18.2 Å². The Balaban J connectivity index is 1.99. The first-order valence-corrected chi connectivity index (χ1v) is 7.98. The van der Waals surface area contributed by atoms with Gasteiger partial charge in [-0.1, -0.05) is 31.5 Å². The van der Waals surface area contributed by atoms with Crippen molar-refractivity contribution in [1.82, 2.24) is 4.98 Å². The van der Waals surface area contributed by atoms with Crippen LogP contribution in [-0.2, 0) is 0 Å². The van der Waals surface area contributed by atoms with Gasteiger partial charge >= 0.3 is 0 Å². The van der Waals surface area contributed by atoms with Crippen molar-refractivity contribution in [3.05, 3.63) is 58.1 Å². The molecule has 0 fully saturated rings. The molecule has 0 unspecified atom stereocenters. The van der Waals surface area contributed by atoms with Gasteiger partial charge in [-0.25, -0.2) is 0 Å². The highest BCUT2D eigenvalue weighted by atomic mass is 35.5. The lowest BCUT2D eigenvalue weighted by atomic mass is 9.98. The van der Waals surface area contributed by atoms with Gasteiger partial charge in [0.1, 0.15) is 0 Å². The fraction of sp³-hybridized carbons (Fsp3) is 0.211. The topological polar surface area (TPSA) is 48.4 Å². The van der Waals surface area contributed by atoms with Crippen LogP contribution in [0.4, 0.5) is 5.69 Å². The third-order valence-electron chi connectivity index (χ3n) is 4.00. The number of fused-ring (bicyclic) bond motifs is 1. The summed E-state index contributed by atoms with van der Waals surface area (Å²) in [5, 5.41) is 11.6. The maximum atomic E-state index is 10.1. The average Bonchev–Trinajstić information content (AvgIpc) is 2.79. The van der Waals surface area contributed by atoms with Gasteiger partial charge in [0.05, 0.1) is 11.3 Å². The van der Waals surface area contributed by atoms with E-state index < -0.39 is 0 Å². The first-order valence-electron chi connectivity index (χ1n) is 7.60. The van der Waals surface area contributed by atoms with Crippen LogP contribution >= 0.6 is 11.6 Å². The average molecular weight is 327 g/mol. The standard InChI is InChI=1S/C19H19ClN2O/c1-11(2)15-6-5-14(8-12(15)3)21-10-17-16-9-13(20)4-7-18(16)22-19(17)23/h4-11,22-23H,1-3H3. The van der Waals surface area contributed by atoms with Crippen LogP contribution in [-0.4, -0.2) is 16.3 Å². The van der Waals surface area contributed by atoms with Crippen LogP contribution in [0.3, 0.4) is 0 Å². The quantitative estimate of drug-likeness (QED) is 0.595. The second-order valence-corrected chi connectivity index (χ2v) is 6.47. The van der Waals surface area contributed by atoms with Crippen molar-refractivity contribution in [3.8, 4) is 5.88 Å². The molecule has 0 saturated heterocycles. The molecule has 118 valence electrons. The summed E-state index contributed by atoms with van der Waals surface area (Å²) in [6.07, 6.45) is 1.67. The Morgan fingerprint density at radius 2 is 1.96 bits per heavy atom. The molecular weight excluding hydrogens is 308 g/mol. The zero-order valence-corrected chi connectivity index (χ0v) is 14.1. The van der Waals surface area contributed by atoms with Crippen molar-refractivity contribution >= 4 is 34.4 Å². The van der Waals surface area contributed by atoms with Crippen molar-refractivity contribution in [1.29, 1.82) is 0 Å². The number of nitrogens with one attached hydrogen (secondary N) is 1. The van der Waals surface area contributed by atoms with Crippen LogP contribution in [0.15, 0.2) is 41.4 Å². The van der Waals surface area contributed by atoms with Crippen LogP contribution in [0.2, 0.25) is 5.02 Å². The molecule has 0 aliphatic carbocycles. The zero-order chi connectivity index (χ0) is 16.6. The molecule has 0 atom stereocenters. The predicted octanol–water partition coefficient (Wildman–Crippen LogP) is 5.71. The van der Waals surface area contributed by atoms with Gasteiger partial charge in [0.2, 0.25) is 0 Å². The van der Waals surface area contributed by atoms with Gasteiger partial charge < -0.3 is 10.1 Å². The summed E-state index contributed by atoms with van der Waals surface area (Å²) in [5.41, 5.74) is 4.89. The van der Waals surface area contributed by atoms with Gasteiger partial charge in [-0.05, 0) is 54.3 Å². The Morgan fingerprint density at radius 1 is 1.17 bits per heavy atom. The molecule has 3 nitrogen and oxygen atoms in total. The van der Waals surface area contributed by atoms with Crippen LogP contribution in [0.1, 0.15) is 36.5 Å². The number of H-pyrrole nitrogens is 1. The number of aryl methyl sites for hydroxylation is 1. The number of aromatic amines is 1. The molecule has 3 rings (SSSR count). The van der Waals surface area contributed by atoms with E-state index in [9.17, 15) is 5.11 Å². The third kappa shape index (κ3) is 3.10. The Labute approximate surface area is 140 Å². The summed E-state index contributed by atoms with van der Waals surface area (Å²) in [5.74, 6) is 0.592. The van der Waals surface area contributed by atoms with Crippen LogP contribution in [0, 0.1) is 6.92 Å². The lowest BCUT2D eigenvalue weighted by molar-refractivity contribution is 0.457. The van der Waals surface area contributed by atoms with E-state index in [2.05, 4.69) is 42.9 Å². The molecule has 0 saturated carbocycles. The summed E-state index contributed by atoms with van der Waals surface area (Å²) < 4.78 is 0. The fourth-order valence-corrected chi connectivity index (χ4v) is 3.00. The van der Waals surface area contributed by atoms with Crippen molar-refractivity contribution in [3.63, 3.8) is 0 Å². The molecule has 0 spiro atoms. The first kappa shape index (κ1) is 15.6. The molecule has 0 radical (unpaired) electrons. The smallest absolute Gasteiger partial charge is 0.198 e. The second kappa shape index (κ2) is 6.09. The highest BCUT2D eigenvalue weighted by molar-refractivity contribution is 6.31. The monoisotopic (exact) mass is 326 g/mol. The van der Waals surface area contributed by atoms with E-state index in [1.165, 1.54) is 11.1 Å². The van der Waals surface area contributed by atoms with Crippen molar-refractivity contribution in [2.45, 2.75) is 26.7 Å². The highest BCUT2D eigenvalue weighted by Crippen LogP contribution is 2.29. The van der Waals surface area contributed by atoms with Crippen LogP contribution in [0.5, 0.6) is 5.88 Å². The minimum atomic E-state index is 0.0986. The number of benzene rings is 2. The van der Waals surface area contributed by atoms with Crippen molar-refractivity contribution in [2.24, 2.45) is 4.99 Å². The van der Waals surface area contributed by atoms with Gasteiger partial charge in [-0.15, -0.1) is 0 Å². The third-order valence-corrected chi connectivity index (χ3v) is 4.23. The molecule has 0 aliphatic rings. The molecule has 1 heterocycles. The summed E-state index contributed by atoms with van der Waals surface area (Å²) >= 11 is 6.04. The maximum Gasteiger partial charge on any atom is 0.198 e. The Hall–Kier alpha value is -2.26. The minimum Gasteiger partial charge on any atom is -0.494 e. The first-order chi connectivity index (χ1) is 11.0. The van der Waals surface area contributed by atoms with E-state index in [-0.39, 0.29) is 5.88 Å². The molecule has 2 N–H and O–H groups in total. The molecule has 3 aromatic rings. The fourth-order valence-electron chi connectivity index (χ4n) is 2.83. The number of hydrogen-bond acceptors (Lipinski definition) is 2. The molecule has 0 amide bonds. The van der Waals surface area contributed by atoms with E-state index in [4.69, 9.17) is 11.6 Å². The molecule has 23 heavy (non-hydrogen) atoms. The summed E-state index contributed by atoms with van der Waals surface area (Å²) in [4.78, 5) is 7.43. The van der Waals surface area contributed by atoms with Crippen molar-refractivity contribution in [2.75, 3.05) is 0 Å². The maximum absolute atomic E-state index is 10.1. The number of halogens is 1. The van der Waals surface area contributed by atoms with Crippen LogP contribution in [0.25, 0.3) is 10.9 Å². The van der Waals surface area contributed by atoms with E-state index in [0.29, 0.717) is 16.5 Å². The summed E-state index contributed by atoms with van der Waals surface area (Å²) in [7, 11) is 0. The SMILES string of the molecule is Cc1cc(N=Cc2c(O)[nH]c3ccc(Cl)cc23)ccc1C(C)C. The van der Waals surface area contributed by atoms with Crippen LogP contribution < -0.4 is 0 Å². The van der Waals surface area contributed by atoms with E-state index >= 15 is 0 Å². The number of hydrogen-bond donors (Lipinski definition) is 2. The molecule has 1 aromatic heterocycles. The Bertz CT molecular complexity index is 894. The minimum absolute atomic E-state index is 0.0986. The van der Waals surface area contributed by atoms with Gasteiger partial charge in [0, 0.05) is 22.1 Å². The summed E-state index contributed by atoms with van der Waals surface area (Å²) in [6.45, 7) is 6.45. The number of rotatable bonds is 3. The summed E-state index contributed by atoms with van der Waals surface area (Å²) in [6, 6.07) is 11.6. The largest absolute Gasteiger partial charge is 0.494 e. The molecule has 2 aromatic carbocycles. The lowest BCUT2D eigenvalue weighted by Gasteiger charge is -2.09. The number of aromatic hydroxyl groups is 1. The molecule has 4 heteroatoms. The molecule has 0 bridgehead atoms. The van der Waals surface area contributed by atoms with E-state index in [1.54, 1.807) is 12.3 Å². The molecule has 0 aliphatic heterocycles. The normalized spacial score (nSPS) is 11.9. The van der Waals surface area contributed by atoms with E-state index in [0.717, 1.165) is 16.6 Å². The van der Waals surface area contributed by atoms with Gasteiger partial charge in [0.25, 0.3) is 0 Å².